The van der Waals surface area contributed by atoms with Crippen LogP contribution in [-0.2, 0) is 17.9 Å². The minimum Gasteiger partial charge on any atom is -0.493 e. The lowest BCUT2D eigenvalue weighted by molar-refractivity contribution is -0.122. The molecule has 1 atom stereocenters. The zero-order chi connectivity index (χ0) is 22.5. The molecular weight excluding hydrogens is 408 g/mol. The lowest BCUT2D eigenvalue weighted by Crippen LogP contribution is -2.34. The zero-order valence-corrected chi connectivity index (χ0v) is 18.2. The highest BCUT2D eigenvalue weighted by Gasteiger charge is 2.34. The molecule has 1 aromatic heterocycles. The Morgan fingerprint density at radius 1 is 1.16 bits per heavy atom. The second-order valence-corrected chi connectivity index (χ2v) is 7.51. The van der Waals surface area contributed by atoms with E-state index in [1.807, 2.05) is 49.4 Å². The molecule has 1 unspecified atom stereocenters. The molecule has 7 heteroatoms. The summed E-state index contributed by atoms with van der Waals surface area (Å²) in [6.07, 6.45) is 1.67. The predicted octanol–water partition coefficient (Wildman–Crippen LogP) is 4.09. The van der Waals surface area contributed by atoms with Crippen molar-refractivity contribution in [1.29, 1.82) is 0 Å². The van der Waals surface area contributed by atoms with E-state index in [1.165, 1.54) is 0 Å². The van der Waals surface area contributed by atoms with Crippen molar-refractivity contribution in [3.8, 4) is 11.5 Å². The molecule has 7 nitrogen and oxygen atoms in total. The number of fused-ring (bicyclic) bond motifs is 1. The van der Waals surface area contributed by atoms with Gasteiger partial charge in [0, 0.05) is 12.1 Å². The average Bonchev–Trinajstić information content (AvgIpc) is 3.45. The maximum atomic E-state index is 13.2. The molecule has 0 fully saturated rings. The number of nitrogens with zero attached hydrogens (tertiary/aromatic N) is 1. The van der Waals surface area contributed by atoms with Gasteiger partial charge in [-0.05, 0) is 48.4 Å². The van der Waals surface area contributed by atoms with E-state index in [9.17, 15) is 9.59 Å². The van der Waals surface area contributed by atoms with Crippen molar-refractivity contribution in [3.63, 3.8) is 0 Å². The number of amides is 2. The zero-order valence-electron chi connectivity index (χ0n) is 18.2. The van der Waals surface area contributed by atoms with Gasteiger partial charge in [0.2, 0.25) is 5.91 Å². The molecule has 2 aromatic carbocycles. The van der Waals surface area contributed by atoms with Gasteiger partial charge < -0.3 is 24.1 Å². The van der Waals surface area contributed by atoms with Crippen LogP contribution in [-0.4, -0.2) is 30.4 Å². The van der Waals surface area contributed by atoms with Crippen molar-refractivity contribution in [3.05, 3.63) is 83.3 Å². The third-order valence-corrected chi connectivity index (χ3v) is 5.52. The van der Waals surface area contributed by atoms with E-state index >= 15 is 0 Å². The first-order chi connectivity index (χ1) is 15.6. The van der Waals surface area contributed by atoms with Gasteiger partial charge in [-0.1, -0.05) is 24.3 Å². The Hall–Kier alpha value is -3.74. The highest BCUT2D eigenvalue weighted by atomic mass is 16.5. The first-order valence-corrected chi connectivity index (χ1v) is 10.6. The Balaban J connectivity index is 1.61. The molecule has 0 aliphatic carbocycles. The molecule has 32 heavy (non-hydrogen) atoms. The molecule has 0 saturated carbocycles. The van der Waals surface area contributed by atoms with E-state index in [2.05, 4.69) is 5.32 Å². The second kappa shape index (κ2) is 9.60. The fourth-order valence-electron chi connectivity index (χ4n) is 3.95. The lowest BCUT2D eigenvalue weighted by atomic mass is 10.0. The summed E-state index contributed by atoms with van der Waals surface area (Å²) in [5.74, 6) is 1.59. The maximum absolute atomic E-state index is 13.2. The van der Waals surface area contributed by atoms with E-state index in [0.29, 0.717) is 42.5 Å². The third kappa shape index (κ3) is 4.46. The summed E-state index contributed by atoms with van der Waals surface area (Å²) >= 11 is 0. The van der Waals surface area contributed by atoms with Gasteiger partial charge in [-0.15, -0.1) is 0 Å². The first-order valence-electron chi connectivity index (χ1n) is 10.6. The fraction of sp³-hybridized carbons (Fsp3) is 0.280. The quantitative estimate of drug-likeness (QED) is 0.549. The van der Waals surface area contributed by atoms with E-state index in [4.69, 9.17) is 13.9 Å². The van der Waals surface area contributed by atoms with Crippen LogP contribution < -0.4 is 14.8 Å². The van der Waals surface area contributed by atoms with Gasteiger partial charge in [0.15, 0.2) is 11.5 Å². The number of carbonyl (C=O) groups excluding carboxylic acids is 2. The number of ether oxygens (including phenoxy) is 2. The van der Waals surface area contributed by atoms with Gasteiger partial charge in [-0.2, -0.15) is 0 Å². The van der Waals surface area contributed by atoms with Gasteiger partial charge in [0.05, 0.1) is 39.0 Å². The topological polar surface area (TPSA) is 81.0 Å². The van der Waals surface area contributed by atoms with E-state index < -0.39 is 6.04 Å². The number of methoxy groups -OCH3 is 1. The minimum atomic E-state index is -0.462. The van der Waals surface area contributed by atoms with Crippen LogP contribution in [0.4, 0.5) is 0 Å². The molecule has 1 N–H and O–H groups in total. The van der Waals surface area contributed by atoms with Crippen molar-refractivity contribution in [1.82, 2.24) is 10.2 Å². The number of carbonyl (C=O) groups is 2. The number of nitrogens with one attached hydrogen (secondary N) is 1. The Labute approximate surface area is 186 Å². The van der Waals surface area contributed by atoms with Crippen molar-refractivity contribution >= 4 is 11.8 Å². The van der Waals surface area contributed by atoms with Crippen LogP contribution in [0.5, 0.6) is 11.5 Å². The summed E-state index contributed by atoms with van der Waals surface area (Å²) in [7, 11) is 1.57. The van der Waals surface area contributed by atoms with Crippen molar-refractivity contribution < 1.29 is 23.5 Å². The van der Waals surface area contributed by atoms with Crippen LogP contribution in [0.3, 0.4) is 0 Å². The molecule has 2 heterocycles. The smallest absolute Gasteiger partial charge is 0.255 e. The molecule has 0 bridgehead atoms. The van der Waals surface area contributed by atoms with Crippen LogP contribution in [0.2, 0.25) is 0 Å². The van der Waals surface area contributed by atoms with Gasteiger partial charge in [0.1, 0.15) is 5.76 Å². The fourth-order valence-corrected chi connectivity index (χ4v) is 3.95. The largest absolute Gasteiger partial charge is 0.493 e. The third-order valence-electron chi connectivity index (χ3n) is 5.52. The molecule has 4 rings (SSSR count). The molecule has 1 aliphatic heterocycles. The van der Waals surface area contributed by atoms with Gasteiger partial charge >= 0.3 is 0 Å². The highest BCUT2D eigenvalue weighted by molar-refractivity contribution is 5.98. The van der Waals surface area contributed by atoms with Crippen molar-refractivity contribution in [2.24, 2.45) is 0 Å². The Kier molecular flexibility index (Phi) is 6.44. The second-order valence-electron chi connectivity index (χ2n) is 7.51. The molecule has 0 radical (unpaired) electrons. The summed E-state index contributed by atoms with van der Waals surface area (Å²) in [5, 5.41) is 2.88. The first kappa shape index (κ1) is 21.5. The van der Waals surface area contributed by atoms with E-state index in [0.717, 1.165) is 11.1 Å². The van der Waals surface area contributed by atoms with Gasteiger partial charge in [-0.25, -0.2) is 0 Å². The van der Waals surface area contributed by atoms with Crippen LogP contribution in [0, 0.1) is 0 Å². The number of hydrogen-bond donors (Lipinski definition) is 1. The molecule has 1 aliphatic rings. The van der Waals surface area contributed by atoms with Gasteiger partial charge in [-0.3, -0.25) is 9.59 Å². The normalized spacial score (nSPS) is 13.6. The molecule has 0 saturated heterocycles. The van der Waals surface area contributed by atoms with Crippen molar-refractivity contribution in [2.75, 3.05) is 13.7 Å². The van der Waals surface area contributed by atoms with E-state index in [1.54, 1.807) is 30.4 Å². The van der Waals surface area contributed by atoms with E-state index in [-0.39, 0.29) is 18.2 Å². The monoisotopic (exact) mass is 434 g/mol. The van der Waals surface area contributed by atoms with Crippen LogP contribution in [0.25, 0.3) is 0 Å². The molecule has 0 spiro atoms. The predicted molar refractivity (Wildman–Crippen MR) is 118 cm³/mol. The van der Waals surface area contributed by atoms with Crippen molar-refractivity contribution in [2.45, 2.75) is 32.5 Å². The standard InChI is InChI=1S/C25H26N2O5/c1-3-31-22-11-10-17(13-23(22)30-2)21(14-24(28)26-15-19-8-6-12-32-19)27-16-18-7-4-5-9-20(18)25(27)29/h4-13,21H,3,14-16H2,1-2H3,(H,26,28). The summed E-state index contributed by atoms with van der Waals surface area (Å²) in [6, 6.07) is 16.2. The number of hydrogen-bond acceptors (Lipinski definition) is 5. The summed E-state index contributed by atoms with van der Waals surface area (Å²) in [6.45, 7) is 3.15. The molecule has 166 valence electrons. The SMILES string of the molecule is CCOc1ccc(C(CC(=O)NCc2ccco2)N2Cc3ccccc3C2=O)cc1OC. The number of furan rings is 1. The van der Waals surface area contributed by atoms with Crippen LogP contribution in [0.1, 0.15) is 46.6 Å². The molecular formula is C25H26N2O5. The van der Waals surface area contributed by atoms with Crippen LogP contribution >= 0.6 is 0 Å². The van der Waals surface area contributed by atoms with Gasteiger partial charge in [0.25, 0.3) is 5.91 Å². The lowest BCUT2D eigenvalue weighted by Gasteiger charge is -2.28. The summed E-state index contributed by atoms with van der Waals surface area (Å²) in [4.78, 5) is 27.8. The molecule has 2 amide bonds. The highest BCUT2D eigenvalue weighted by Crippen LogP contribution is 2.37. The Morgan fingerprint density at radius 2 is 2.00 bits per heavy atom. The summed E-state index contributed by atoms with van der Waals surface area (Å²) < 4.78 is 16.4. The van der Waals surface area contributed by atoms with Crippen LogP contribution in [0.15, 0.2) is 65.3 Å². The summed E-state index contributed by atoms with van der Waals surface area (Å²) in [5.41, 5.74) is 2.43. The maximum Gasteiger partial charge on any atom is 0.255 e. The Bertz CT molecular complexity index is 1090. The minimum absolute atomic E-state index is 0.0858. The number of rotatable bonds is 9. The molecule has 3 aromatic rings. The average molecular weight is 434 g/mol. The Morgan fingerprint density at radius 3 is 2.72 bits per heavy atom. The number of benzene rings is 2.